The van der Waals surface area contributed by atoms with Gasteiger partial charge < -0.3 is 0 Å². The van der Waals surface area contributed by atoms with Crippen LogP contribution in [0.5, 0.6) is 0 Å². The van der Waals surface area contributed by atoms with Crippen LogP contribution in [0.2, 0.25) is 0 Å². The molecule has 0 saturated heterocycles. The number of hydrogen-bond acceptors (Lipinski definition) is 0. The second-order valence-electron chi connectivity index (χ2n) is 8.27. The molecule has 0 heteroatoms. The first kappa shape index (κ1) is 16.9. The molecule has 0 N–H and O–H groups in total. The van der Waals surface area contributed by atoms with Crippen LogP contribution in [0.15, 0.2) is 48.5 Å². The van der Waals surface area contributed by atoms with Crippen molar-refractivity contribution in [2.24, 2.45) is 0 Å². The van der Waals surface area contributed by atoms with Crippen LogP contribution in [0.4, 0.5) is 0 Å². The van der Waals surface area contributed by atoms with Crippen molar-refractivity contribution in [2.75, 3.05) is 0 Å². The monoisotopic (exact) mass is 332 g/mol. The van der Waals surface area contributed by atoms with Crippen LogP contribution in [-0.2, 0) is 0 Å². The smallest absolute Gasteiger partial charge is 0.0162 e. The molecule has 2 aliphatic carbocycles. The fraction of sp³-hybridized carbons (Fsp3) is 0.520. The summed E-state index contributed by atoms with van der Waals surface area (Å²) in [6.07, 6.45) is 15.5. The van der Waals surface area contributed by atoms with Gasteiger partial charge in [-0.2, -0.15) is 0 Å². The first-order valence-electron chi connectivity index (χ1n) is 10.6. The van der Waals surface area contributed by atoms with E-state index in [1.165, 1.54) is 81.8 Å². The van der Waals surface area contributed by atoms with Crippen LogP contribution in [0.25, 0.3) is 11.1 Å². The molecule has 4 rings (SSSR count). The maximum Gasteiger partial charge on any atom is -0.0162 e. The minimum Gasteiger partial charge on any atom is -0.0581 e. The molecule has 0 amide bonds. The van der Waals surface area contributed by atoms with Crippen LogP contribution < -0.4 is 0 Å². The summed E-state index contributed by atoms with van der Waals surface area (Å²) in [7, 11) is 0. The van der Waals surface area contributed by atoms with Gasteiger partial charge >= 0.3 is 0 Å². The summed E-state index contributed by atoms with van der Waals surface area (Å²) in [5.74, 6) is 1.61. The maximum atomic E-state index is 2.40. The molecule has 2 fully saturated rings. The van der Waals surface area contributed by atoms with E-state index in [4.69, 9.17) is 0 Å². The molecule has 0 bridgehead atoms. The highest BCUT2D eigenvalue weighted by Crippen LogP contribution is 2.35. The summed E-state index contributed by atoms with van der Waals surface area (Å²) in [5, 5.41) is 0. The molecule has 2 aromatic carbocycles. The van der Waals surface area contributed by atoms with E-state index in [2.05, 4.69) is 48.5 Å². The van der Waals surface area contributed by atoms with Crippen molar-refractivity contribution in [1.82, 2.24) is 0 Å². The van der Waals surface area contributed by atoms with Gasteiger partial charge in [0, 0.05) is 0 Å². The van der Waals surface area contributed by atoms with Gasteiger partial charge in [0.25, 0.3) is 0 Å². The summed E-state index contributed by atoms with van der Waals surface area (Å²) in [5.41, 5.74) is 5.85. The predicted octanol–water partition coefficient (Wildman–Crippen LogP) is 7.84. The van der Waals surface area contributed by atoms with Gasteiger partial charge in [0.2, 0.25) is 0 Å². The Morgan fingerprint density at radius 3 is 1.12 bits per heavy atom. The Balaban J connectivity index is 1.45. The number of rotatable bonds is 3. The lowest BCUT2D eigenvalue weighted by Crippen LogP contribution is -2.02. The molecule has 0 spiro atoms. The molecule has 0 nitrogen and oxygen atoms in total. The first-order valence-corrected chi connectivity index (χ1v) is 10.6. The Morgan fingerprint density at radius 1 is 0.400 bits per heavy atom. The quantitative estimate of drug-likeness (QED) is 0.537. The van der Waals surface area contributed by atoms with E-state index in [1.54, 1.807) is 11.1 Å². The highest BCUT2D eigenvalue weighted by Gasteiger charge is 2.17. The van der Waals surface area contributed by atoms with E-state index in [9.17, 15) is 0 Å². The van der Waals surface area contributed by atoms with E-state index in [-0.39, 0.29) is 0 Å². The second kappa shape index (κ2) is 8.21. The molecular weight excluding hydrogens is 300 g/mol. The van der Waals surface area contributed by atoms with Crippen molar-refractivity contribution in [1.29, 1.82) is 0 Å². The molecule has 25 heavy (non-hydrogen) atoms. The summed E-state index contributed by atoms with van der Waals surface area (Å²) >= 11 is 0. The summed E-state index contributed by atoms with van der Waals surface area (Å²) in [6.45, 7) is 0. The van der Waals surface area contributed by atoms with Crippen molar-refractivity contribution in [3.8, 4) is 11.1 Å². The summed E-state index contributed by atoms with van der Waals surface area (Å²) in [4.78, 5) is 0. The average molecular weight is 333 g/mol. The standard InChI is InChI=1S/C25H32/c1-2-4-8-20(9-5-3-1)22-12-16-24(17-13-22)25-18-14-23(15-19-25)21-10-6-7-11-21/h12-21H,1-11H2. The largest absolute Gasteiger partial charge is 0.0581 e. The Hall–Kier alpha value is -1.56. The van der Waals surface area contributed by atoms with Crippen LogP contribution in [0, 0.1) is 0 Å². The molecular formula is C25H32. The van der Waals surface area contributed by atoms with Crippen LogP contribution >= 0.6 is 0 Å². The number of benzene rings is 2. The maximum absolute atomic E-state index is 2.40. The van der Waals surface area contributed by atoms with Gasteiger partial charge in [-0.15, -0.1) is 0 Å². The Bertz CT molecular complexity index is 635. The zero-order valence-corrected chi connectivity index (χ0v) is 15.6. The zero-order valence-electron chi connectivity index (χ0n) is 15.6. The van der Waals surface area contributed by atoms with Gasteiger partial charge in [-0.25, -0.2) is 0 Å². The molecule has 0 radical (unpaired) electrons. The molecule has 2 aromatic rings. The third-order valence-electron chi connectivity index (χ3n) is 6.56. The van der Waals surface area contributed by atoms with Crippen LogP contribution in [-0.4, -0.2) is 0 Å². The van der Waals surface area contributed by atoms with E-state index in [1.807, 2.05) is 0 Å². The predicted molar refractivity (Wildman–Crippen MR) is 108 cm³/mol. The first-order chi connectivity index (χ1) is 12.4. The molecule has 2 aliphatic rings. The Kier molecular flexibility index (Phi) is 5.55. The normalized spacial score (nSPS) is 20.3. The van der Waals surface area contributed by atoms with Crippen molar-refractivity contribution in [2.45, 2.75) is 82.5 Å². The highest BCUT2D eigenvalue weighted by atomic mass is 14.2. The summed E-state index contributed by atoms with van der Waals surface area (Å²) < 4.78 is 0. The van der Waals surface area contributed by atoms with Gasteiger partial charge in [0.15, 0.2) is 0 Å². The molecule has 2 saturated carbocycles. The minimum absolute atomic E-state index is 0.791. The molecule has 132 valence electrons. The molecule has 0 aromatic heterocycles. The van der Waals surface area contributed by atoms with E-state index in [0.29, 0.717) is 0 Å². The van der Waals surface area contributed by atoms with Crippen molar-refractivity contribution >= 4 is 0 Å². The fourth-order valence-corrected chi connectivity index (χ4v) is 4.94. The molecule has 0 aliphatic heterocycles. The van der Waals surface area contributed by atoms with Crippen LogP contribution in [0.1, 0.15) is 93.6 Å². The molecule has 0 atom stereocenters. The van der Waals surface area contributed by atoms with Gasteiger partial charge in [-0.3, -0.25) is 0 Å². The van der Waals surface area contributed by atoms with Crippen LogP contribution in [0.3, 0.4) is 0 Å². The topological polar surface area (TPSA) is 0 Å². The number of hydrogen-bond donors (Lipinski definition) is 0. The Labute approximate surface area is 153 Å². The van der Waals surface area contributed by atoms with E-state index < -0.39 is 0 Å². The lowest BCUT2D eigenvalue weighted by atomic mass is 9.85. The minimum atomic E-state index is 0.791. The van der Waals surface area contributed by atoms with E-state index >= 15 is 0 Å². The highest BCUT2D eigenvalue weighted by molar-refractivity contribution is 5.64. The van der Waals surface area contributed by atoms with Crippen molar-refractivity contribution in [3.05, 3.63) is 59.7 Å². The third kappa shape index (κ3) is 4.17. The SMILES string of the molecule is c1cc(C2CCCCCCC2)ccc1-c1ccc(C2CCCC2)cc1. The summed E-state index contributed by atoms with van der Waals surface area (Å²) in [6, 6.07) is 18.9. The third-order valence-corrected chi connectivity index (χ3v) is 6.56. The Morgan fingerprint density at radius 2 is 0.720 bits per heavy atom. The lowest BCUT2D eigenvalue weighted by Gasteiger charge is -2.20. The average Bonchev–Trinajstić information content (AvgIpc) is 3.17. The second-order valence-corrected chi connectivity index (χ2v) is 8.27. The molecule has 0 unspecified atom stereocenters. The fourth-order valence-electron chi connectivity index (χ4n) is 4.94. The zero-order chi connectivity index (χ0) is 16.9. The van der Waals surface area contributed by atoms with Gasteiger partial charge in [0.1, 0.15) is 0 Å². The lowest BCUT2D eigenvalue weighted by molar-refractivity contribution is 0.455. The van der Waals surface area contributed by atoms with Gasteiger partial charge in [-0.1, -0.05) is 93.5 Å². The van der Waals surface area contributed by atoms with Gasteiger partial charge in [0.05, 0.1) is 0 Å². The van der Waals surface area contributed by atoms with Crippen molar-refractivity contribution < 1.29 is 0 Å². The van der Waals surface area contributed by atoms with Gasteiger partial charge in [-0.05, 0) is 59.8 Å². The van der Waals surface area contributed by atoms with Crippen molar-refractivity contribution in [3.63, 3.8) is 0 Å². The molecule has 0 heterocycles. The van der Waals surface area contributed by atoms with E-state index in [0.717, 1.165) is 11.8 Å².